The maximum absolute atomic E-state index is 12.5. The summed E-state index contributed by atoms with van der Waals surface area (Å²) in [4.78, 5) is 94.0. The van der Waals surface area contributed by atoms with E-state index in [2.05, 4.69) is 19.9 Å². The van der Waals surface area contributed by atoms with E-state index in [0.29, 0.717) is 0 Å². The summed E-state index contributed by atoms with van der Waals surface area (Å²) in [6.45, 7) is 0. The minimum atomic E-state index is -5.20. The minimum Gasteiger partial charge on any atom is -0.354 e. The Balaban J connectivity index is 2.13. The van der Waals surface area contributed by atoms with E-state index in [9.17, 15) is 57.4 Å². The van der Waals surface area contributed by atoms with E-state index < -0.39 is 74.4 Å². The highest BCUT2D eigenvalue weighted by Crippen LogP contribution is 2.42. The van der Waals surface area contributed by atoms with E-state index >= 15 is 0 Å². The molecule has 210 valence electrons. The molecule has 0 amide bonds. The van der Waals surface area contributed by atoms with Crippen molar-refractivity contribution < 1.29 is 57.4 Å². The molecule has 0 radical (unpaired) electrons. The lowest BCUT2D eigenvalue weighted by Crippen LogP contribution is -2.15. The summed E-state index contributed by atoms with van der Waals surface area (Å²) in [6, 6.07) is 4.46. The van der Waals surface area contributed by atoms with E-state index in [-0.39, 0.29) is 22.1 Å². The normalized spacial score (nSPS) is 14.2. The van der Waals surface area contributed by atoms with Gasteiger partial charge in [0.2, 0.25) is 0 Å². The minimum absolute atomic E-state index is 0.296. The van der Waals surface area contributed by atoms with Gasteiger partial charge in [-0.1, -0.05) is 0 Å². The van der Waals surface area contributed by atoms with E-state index in [0.717, 1.165) is 48.6 Å². The fraction of sp³-hybridized carbons (Fsp3) is 0. The largest absolute Gasteiger partial charge is 0.360 e. The van der Waals surface area contributed by atoms with Gasteiger partial charge < -0.3 is 49.1 Å². The first kappa shape index (κ1) is 28.7. The van der Waals surface area contributed by atoms with Gasteiger partial charge in [0.25, 0.3) is 0 Å². The van der Waals surface area contributed by atoms with Crippen molar-refractivity contribution >= 4 is 98.0 Å². The molecule has 0 saturated heterocycles. The Kier molecular flexibility index (Phi) is 6.72. The molecule has 0 unspecified atom stereocenters. The van der Waals surface area contributed by atoms with Crippen LogP contribution in [0.2, 0.25) is 0 Å². The molecule has 0 saturated carbocycles. The molecule has 3 aromatic heterocycles. The van der Waals surface area contributed by atoms with Crippen molar-refractivity contribution in [1.29, 1.82) is 0 Å². The molecule has 0 fully saturated rings. The first-order chi connectivity index (χ1) is 18.4. The number of H-pyrrole nitrogens is 2. The first-order valence-electron chi connectivity index (χ1n) is 10.8. The van der Waals surface area contributed by atoms with Crippen molar-refractivity contribution in [3.8, 4) is 0 Å². The SMILES string of the molecule is O=P(O)(O)c1c2nc(c(P(=O)(O)O)c3ccc([nH]3)c(P(=O)(O)O)c3ccc([nH]3)c(P(=O)(O)O)c3nc1C=C3)C=C2. The Labute approximate surface area is 222 Å². The zero-order valence-electron chi connectivity index (χ0n) is 19.5. The van der Waals surface area contributed by atoms with Gasteiger partial charge in [-0.05, 0) is 48.6 Å². The maximum atomic E-state index is 12.5. The fourth-order valence-corrected chi connectivity index (χ4v) is 7.84. The summed E-state index contributed by atoms with van der Waals surface area (Å²) in [7, 11) is -20.7. The van der Waals surface area contributed by atoms with Crippen LogP contribution in [-0.4, -0.2) is 59.1 Å². The third kappa shape index (κ3) is 5.17. The number of hydrogen-bond acceptors (Lipinski definition) is 6. The number of aromatic nitrogens is 4. The molecule has 0 aliphatic carbocycles. The predicted octanol–water partition coefficient (Wildman–Crippen LogP) is -0.132. The van der Waals surface area contributed by atoms with Crippen molar-refractivity contribution in [1.82, 2.24) is 19.9 Å². The van der Waals surface area contributed by atoms with Gasteiger partial charge in [0.1, 0.15) is 21.2 Å². The number of fused-ring (bicyclic) bond motifs is 8. The van der Waals surface area contributed by atoms with Crippen LogP contribution in [0.4, 0.5) is 0 Å². The Hall–Kier alpha value is -2.80. The molecule has 3 aromatic rings. The van der Waals surface area contributed by atoms with E-state index in [4.69, 9.17) is 0 Å². The van der Waals surface area contributed by atoms with Crippen molar-refractivity contribution in [2.75, 3.05) is 0 Å². The second-order valence-electron chi connectivity index (χ2n) is 8.57. The maximum Gasteiger partial charge on any atom is 0.360 e. The van der Waals surface area contributed by atoms with Gasteiger partial charge in [-0.2, -0.15) is 0 Å². The standard InChI is InChI=1S/C20H18N4O12P4/c25-37(26,27)17-9-1-2-10(21-9)18(38(28,29)30)12-5-6-14(23-12)20(40(34,35)36)16-8-7-15(24-16)19(39(31,32)33)13-4-3-11(17)22-13/h1-8,21-22H,(H2,25,26,27)(H2,28,29,30)(H2,31,32,33)(H2,34,35,36). The van der Waals surface area contributed by atoms with Crippen LogP contribution in [-0.2, 0) is 18.3 Å². The smallest absolute Gasteiger partial charge is 0.354 e. The van der Waals surface area contributed by atoms with Gasteiger partial charge in [-0.25, -0.2) is 9.97 Å². The predicted molar refractivity (Wildman–Crippen MR) is 146 cm³/mol. The molecule has 20 heteroatoms. The van der Waals surface area contributed by atoms with Crippen molar-refractivity contribution in [3.05, 3.63) is 47.0 Å². The number of nitrogens with zero attached hydrogens (tertiary/aromatic N) is 2. The summed E-state index contributed by atoms with van der Waals surface area (Å²) in [6.07, 6.45) is 4.26. The highest BCUT2D eigenvalue weighted by molar-refractivity contribution is 7.62. The summed E-state index contributed by atoms with van der Waals surface area (Å²) in [5, 5.41) is -2.92. The quantitative estimate of drug-likeness (QED) is 0.116. The van der Waals surface area contributed by atoms with Gasteiger partial charge in [0.15, 0.2) is 0 Å². The molecule has 5 rings (SSSR count). The van der Waals surface area contributed by atoms with Gasteiger partial charge in [-0.15, -0.1) is 0 Å². The van der Waals surface area contributed by atoms with Crippen LogP contribution in [0, 0.1) is 0 Å². The molecule has 2 aliphatic rings. The lowest BCUT2D eigenvalue weighted by molar-refractivity contribution is 0.385. The molecule has 16 nitrogen and oxygen atoms in total. The van der Waals surface area contributed by atoms with Crippen LogP contribution >= 0.6 is 30.4 Å². The highest BCUT2D eigenvalue weighted by Gasteiger charge is 2.32. The van der Waals surface area contributed by atoms with Gasteiger partial charge in [-0.3, -0.25) is 18.3 Å². The van der Waals surface area contributed by atoms with E-state index in [1.165, 1.54) is 0 Å². The topological polar surface area (TPSA) is 287 Å². The van der Waals surface area contributed by atoms with Crippen molar-refractivity contribution in [2.24, 2.45) is 0 Å². The zero-order chi connectivity index (χ0) is 29.4. The third-order valence-corrected chi connectivity index (χ3v) is 10.0. The molecule has 10 N–H and O–H groups in total. The monoisotopic (exact) mass is 630 g/mol. The van der Waals surface area contributed by atoms with Crippen LogP contribution in [0.5, 0.6) is 0 Å². The lowest BCUT2D eigenvalue weighted by atomic mass is 10.3. The average molecular weight is 630 g/mol. The Morgan fingerprint density at radius 2 is 0.675 bits per heavy atom. The number of rotatable bonds is 4. The fourth-order valence-electron chi connectivity index (χ4n) is 4.37. The van der Waals surface area contributed by atoms with Gasteiger partial charge in [0, 0.05) is 0 Å². The molecule has 2 aliphatic heterocycles. The Bertz CT molecular complexity index is 1900. The first-order valence-corrected chi connectivity index (χ1v) is 17.2. The molecule has 0 spiro atoms. The molecule has 0 atom stereocenters. The third-order valence-electron chi connectivity index (χ3n) is 5.81. The summed E-state index contributed by atoms with van der Waals surface area (Å²) in [5.74, 6) is 0. The summed E-state index contributed by atoms with van der Waals surface area (Å²) >= 11 is 0. The second-order valence-corrected chi connectivity index (χ2v) is 14.7. The molecule has 40 heavy (non-hydrogen) atoms. The van der Waals surface area contributed by atoms with Crippen LogP contribution in [0.3, 0.4) is 0 Å². The van der Waals surface area contributed by atoms with E-state index in [1.54, 1.807) is 0 Å². The van der Waals surface area contributed by atoms with Crippen LogP contribution in [0.15, 0.2) is 24.3 Å². The van der Waals surface area contributed by atoms with Gasteiger partial charge >= 0.3 is 30.4 Å². The van der Waals surface area contributed by atoms with Gasteiger partial charge in [0.05, 0.1) is 44.8 Å². The van der Waals surface area contributed by atoms with E-state index in [1.807, 2.05) is 0 Å². The average Bonchev–Trinajstić information content (AvgIpc) is 3.55. The zero-order valence-corrected chi connectivity index (χ0v) is 23.1. The van der Waals surface area contributed by atoms with Crippen LogP contribution in [0.25, 0.3) is 46.4 Å². The molecular weight excluding hydrogens is 612 g/mol. The van der Waals surface area contributed by atoms with Crippen molar-refractivity contribution in [2.45, 2.75) is 0 Å². The Morgan fingerprint density at radius 1 is 0.425 bits per heavy atom. The lowest BCUT2D eigenvalue weighted by Gasteiger charge is -2.08. The number of hydrogen-bond donors (Lipinski definition) is 10. The number of nitrogens with one attached hydrogen (secondary N) is 2. The second kappa shape index (κ2) is 9.37. The number of aromatic amines is 2. The summed E-state index contributed by atoms with van der Waals surface area (Å²) < 4.78 is 50.0. The molecular formula is C20H18N4O12P4. The molecule has 8 bridgehead atoms. The molecule has 0 aromatic carbocycles. The molecule has 5 heterocycles. The summed E-state index contributed by atoms with van der Waals surface area (Å²) in [5.41, 5.74) is -2.91. The van der Waals surface area contributed by atoms with Crippen molar-refractivity contribution in [3.63, 3.8) is 0 Å². The van der Waals surface area contributed by atoms with Crippen LogP contribution < -0.4 is 21.2 Å². The van der Waals surface area contributed by atoms with Crippen LogP contribution in [0.1, 0.15) is 22.8 Å². The Morgan fingerprint density at radius 3 is 0.950 bits per heavy atom. The highest BCUT2D eigenvalue weighted by atomic mass is 31.2.